The molecule has 0 heterocycles. The van der Waals surface area contributed by atoms with Crippen molar-refractivity contribution in [1.82, 2.24) is 0 Å². The molecule has 0 aromatic rings. The van der Waals surface area contributed by atoms with Crippen molar-refractivity contribution in [2.75, 3.05) is 0 Å². The summed E-state index contributed by atoms with van der Waals surface area (Å²) in [5, 5.41) is 9.18. The van der Waals surface area contributed by atoms with Crippen molar-refractivity contribution in [3.8, 4) is 0 Å². The maximum atomic E-state index is 9.18. The van der Waals surface area contributed by atoms with Gasteiger partial charge in [0.15, 0.2) is 0 Å². The summed E-state index contributed by atoms with van der Waals surface area (Å²) in [5.74, 6) is 0. The quantitative estimate of drug-likeness (QED) is 0.428. The van der Waals surface area contributed by atoms with Crippen LogP contribution in [0.4, 0.5) is 0 Å². The van der Waals surface area contributed by atoms with Gasteiger partial charge in [0, 0.05) is 0 Å². The molecule has 0 saturated heterocycles. The normalized spacial score (nSPS) is 12.8. The summed E-state index contributed by atoms with van der Waals surface area (Å²) < 4.78 is 0. The molecular weight excluding hydrogens is 160 g/mol. The molecule has 0 aliphatic rings. The molecule has 0 aromatic heterocycles. The van der Waals surface area contributed by atoms with Gasteiger partial charge >= 0.3 is 0 Å². The minimum absolute atomic E-state index is 0.282. The Hall–Kier alpha value is -0.300. The van der Waals surface area contributed by atoms with Crippen LogP contribution in [0.3, 0.4) is 0 Å². The van der Waals surface area contributed by atoms with Gasteiger partial charge in [-0.15, -0.1) is 6.58 Å². The molecule has 1 N–H and O–H groups in total. The van der Waals surface area contributed by atoms with E-state index in [0.717, 1.165) is 12.8 Å². The van der Waals surface area contributed by atoms with E-state index in [4.69, 9.17) is 0 Å². The Morgan fingerprint density at radius 1 is 1.08 bits per heavy atom. The Balaban J connectivity index is 2.95. The lowest BCUT2D eigenvalue weighted by Crippen LogP contribution is -2.00. The van der Waals surface area contributed by atoms with E-state index in [0.29, 0.717) is 0 Å². The van der Waals surface area contributed by atoms with E-state index in [1.165, 1.54) is 38.5 Å². The fourth-order valence-electron chi connectivity index (χ4n) is 1.43. The molecule has 13 heavy (non-hydrogen) atoms. The molecule has 0 aliphatic carbocycles. The molecule has 0 rings (SSSR count). The Labute approximate surface area is 82.9 Å². The van der Waals surface area contributed by atoms with Crippen molar-refractivity contribution in [3.63, 3.8) is 0 Å². The van der Waals surface area contributed by atoms with Crippen LogP contribution in [0.1, 0.15) is 58.3 Å². The smallest absolute Gasteiger partial charge is 0.0718 e. The van der Waals surface area contributed by atoms with Crippen LogP contribution in [-0.2, 0) is 0 Å². The van der Waals surface area contributed by atoms with Crippen LogP contribution in [0.5, 0.6) is 0 Å². The number of unbranched alkanes of at least 4 members (excludes halogenated alkanes) is 6. The molecule has 1 atom stereocenters. The largest absolute Gasteiger partial charge is 0.389 e. The second-order valence-electron chi connectivity index (χ2n) is 3.71. The van der Waals surface area contributed by atoms with Crippen molar-refractivity contribution in [2.24, 2.45) is 0 Å². The lowest BCUT2D eigenvalue weighted by molar-refractivity contribution is 0.208. The zero-order valence-corrected chi connectivity index (χ0v) is 8.97. The predicted octanol–water partition coefficient (Wildman–Crippen LogP) is 3.67. The van der Waals surface area contributed by atoms with Crippen LogP contribution in [0, 0.1) is 0 Å². The predicted molar refractivity (Wildman–Crippen MR) is 58.8 cm³/mol. The molecule has 0 saturated carbocycles. The van der Waals surface area contributed by atoms with Gasteiger partial charge in [0.2, 0.25) is 0 Å². The maximum Gasteiger partial charge on any atom is 0.0718 e. The summed E-state index contributed by atoms with van der Waals surface area (Å²) >= 11 is 0. The van der Waals surface area contributed by atoms with Crippen molar-refractivity contribution in [1.29, 1.82) is 0 Å². The average molecular weight is 184 g/mol. The number of aliphatic hydroxyl groups is 1. The van der Waals surface area contributed by atoms with Gasteiger partial charge in [0.25, 0.3) is 0 Å². The number of aliphatic hydroxyl groups excluding tert-OH is 1. The Bertz CT molecular complexity index is 110. The molecule has 0 aromatic carbocycles. The van der Waals surface area contributed by atoms with E-state index in [-0.39, 0.29) is 6.10 Å². The molecule has 0 amide bonds. The van der Waals surface area contributed by atoms with Crippen molar-refractivity contribution in [2.45, 2.75) is 64.4 Å². The molecule has 0 radical (unpaired) electrons. The molecular formula is C12H24O. The van der Waals surface area contributed by atoms with Gasteiger partial charge in [0.05, 0.1) is 6.10 Å². The Morgan fingerprint density at radius 3 is 2.15 bits per heavy atom. The highest BCUT2D eigenvalue weighted by atomic mass is 16.3. The first-order valence-corrected chi connectivity index (χ1v) is 5.62. The Morgan fingerprint density at radius 2 is 1.62 bits per heavy atom. The highest BCUT2D eigenvalue weighted by Gasteiger charge is 1.96. The molecule has 78 valence electrons. The van der Waals surface area contributed by atoms with Gasteiger partial charge in [-0.1, -0.05) is 57.9 Å². The first kappa shape index (κ1) is 12.7. The molecule has 0 fully saturated rings. The van der Waals surface area contributed by atoms with Crippen LogP contribution >= 0.6 is 0 Å². The zero-order valence-electron chi connectivity index (χ0n) is 8.97. The first-order valence-electron chi connectivity index (χ1n) is 5.62. The second kappa shape index (κ2) is 9.79. The topological polar surface area (TPSA) is 20.2 Å². The van der Waals surface area contributed by atoms with E-state index < -0.39 is 0 Å². The second-order valence-corrected chi connectivity index (χ2v) is 3.71. The molecule has 0 unspecified atom stereocenters. The van der Waals surface area contributed by atoms with E-state index >= 15 is 0 Å². The van der Waals surface area contributed by atoms with Gasteiger partial charge in [-0.3, -0.25) is 0 Å². The van der Waals surface area contributed by atoms with Gasteiger partial charge in [0.1, 0.15) is 0 Å². The number of hydrogen-bond donors (Lipinski definition) is 1. The van der Waals surface area contributed by atoms with E-state index in [1.807, 2.05) is 0 Å². The summed E-state index contributed by atoms with van der Waals surface area (Å²) in [6, 6.07) is 0. The van der Waals surface area contributed by atoms with Crippen LogP contribution in [0.15, 0.2) is 12.7 Å². The maximum absolute atomic E-state index is 9.18. The summed E-state index contributed by atoms with van der Waals surface area (Å²) in [7, 11) is 0. The third kappa shape index (κ3) is 9.62. The van der Waals surface area contributed by atoms with Crippen molar-refractivity contribution in [3.05, 3.63) is 12.7 Å². The summed E-state index contributed by atoms with van der Waals surface area (Å²) in [5.41, 5.74) is 0. The third-order valence-electron chi connectivity index (χ3n) is 2.38. The van der Waals surface area contributed by atoms with E-state index in [2.05, 4.69) is 13.5 Å². The summed E-state index contributed by atoms with van der Waals surface area (Å²) in [6.07, 6.45) is 11.4. The van der Waals surface area contributed by atoms with E-state index in [1.54, 1.807) is 6.08 Å². The standard InChI is InChI=1S/C12H24O/c1-3-5-6-7-8-9-10-11-12(13)4-2/h4,12-13H,2-3,5-11H2,1H3/t12-/m0/s1. The van der Waals surface area contributed by atoms with Gasteiger partial charge in [-0.25, -0.2) is 0 Å². The first-order chi connectivity index (χ1) is 6.31. The zero-order chi connectivity index (χ0) is 9.94. The van der Waals surface area contributed by atoms with Crippen LogP contribution < -0.4 is 0 Å². The molecule has 1 heteroatoms. The third-order valence-corrected chi connectivity index (χ3v) is 2.38. The SMILES string of the molecule is C=C[C@H](O)CCCCCCCCC. The Kier molecular flexibility index (Phi) is 9.56. The fraction of sp³-hybridized carbons (Fsp3) is 0.833. The van der Waals surface area contributed by atoms with Gasteiger partial charge in [-0.05, 0) is 6.42 Å². The molecule has 1 nitrogen and oxygen atoms in total. The van der Waals surface area contributed by atoms with Gasteiger partial charge in [-0.2, -0.15) is 0 Å². The van der Waals surface area contributed by atoms with Crippen molar-refractivity contribution >= 4 is 0 Å². The summed E-state index contributed by atoms with van der Waals surface area (Å²) in [6.45, 7) is 5.79. The highest BCUT2D eigenvalue weighted by molar-refractivity contribution is 4.77. The summed E-state index contributed by atoms with van der Waals surface area (Å²) in [4.78, 5) is 0. The van der Waals surface area contributed by atoms with E-state index in [9.17, 15) is 5.11 Å². The number of rotatable bonds is 9. The minimum atomic E-state index is -0.282. The van der Waals surface area contributed by atoms with Crippen LogP contribution in [0.2, 0.25) is 0 Å². The van der Waals surface area contributed by atoms with Gasteiger partial charge < -0.3 is 5.11 Å². The van der Waals surface area contributed by atoms with Crippen LogP contribution in [-0.4, -0.2) is 11.2 Å². The lowest BCUT2D eigenvalue weighted by atomic mass is 10.1. The highest BCUT2D eigenvalue weighted by Crippen LogP contribution is 2.09. The fourth-order valence-corrected chi connectivity index (χ4v) is 1.43. The average Bonchev–Trinajstić information content (AvgIpc) is 2.16. The molecule has 0 spiro atoms. The minimum Gasteiger partial charge on any atom is -0.389 e. The lowest BCUT2D eigenvalue weighted by Gasteiger charge is -2.04. The number of hydrogen-bond acceptors (Lipinski definition) is 1. The monoisotopic (exact) mass is 184 g/mol. The van der Waals surface area contributed by atoms with Crippen LogP contribution in [0.25, 0.3) is 0 Å². The molecule has 0 aliphatic heterocycles. The van der Waals surface area contributed by atoms with Crippen molar-refractivity contribution < 1.29 is 5.11 Å². The molecule has 0 bridgehead atoms.